The van der Waals surface area contributed by atoms with Gasteiger partial charge >= 0.3 is 0 Å². The molecule has 0 aliphatic carbocycles. The van der Waals surface area contributed by atoms with Gasteiger partial charge in [-0.2, -0.15) is 0 Å². The van der Waals surface area contributed by atoms with Gasteiger partial charge in [-0.25, -0.2) is 0 Å². The molecule has 1 aromatic carbocycles. The van der Waals surface area contributed by atoms with E-state index in [2.05, 4.69) is 0 Å². The number of rotatable bonds is 1. The van der Waals surface area contributed by atoms with Gasteiger partial charge in [-0.1, -0.05) is 11.6 Å². The summed E-state index contributed by atoms with van der Waals surface area (Å²) in [5.41, 5.74) is 5.73. The summed E-state index contributed by atoms with van der Waals surface area (Å²) in [6.07, 6.45) is 0. The van der Waals surface area contributed by atoms with E-state index in [-0.39, 0.29) is 11.3 Å². The second kappa shape index (κ2) is 3.03. The van der Waals surface area contributed by atoms with E-state index >= 15 is 0 Å². The molecule has 0 spiro atoms. The fourth-order valence-corrected chi connectivity index (χ4v) is 1.03. The van der Waals surface area contributed by atoms with E-state index in [9.17, 15) is 9.90 Å². The van der Waals surface area contributed by atoms with E-state index in [0.29, 0.717) is 10.6 Å². The number of aryl methyl sites for hydroxylation is 1. The molecule has 3 nitrogen and oxygen atoms in total. The van der Waals surface area contributed by atoms with Gasteiger partial charge in [-0.15, -0.1) is 0 Å². The number of benzene rings is 1. The first-order chi connectivity index (χ1) is 5.52. The van der Waals surface area contributed by atoms with Crippen LogP contribution in [0.15, 0.2) is 12.1 Å². The van der Waals surface area contributed by atoms with Gasteiger partial charge in [0, 0.05) is 5.02 Å². The lowest BCUT2D eigenvalue weighted by molar-refractivity contribution is 0.0998. The molecule has 3 N–H and O–H groups in total. The van der Waals surface area contributed by atoms with Crippen molar-refractivity contribution in [1.82, 2.24) is 0 Å². The predicted octanol–water partition coefficient (Wildman–Crippen LogP) is 1.45. The standard InChI is InChI=1S/C8H8ClNO2/c1-4-2-7(11)5(8(10)12)3-6(4)9/h2-3,11H,1H3,(H2,10,12). The van der Waals surface area contributed by atoms with Crippen molar-refractivity contribution in [3.8, 4) is 5.75 Å². The van der Waals surface area contributed by atoms with E-state index < -0.39 is 5.91 Å². The summed E-state index contributed by atoms with van der Waals surface area (Å²) in [7, 11) is 0. The largest absolute Gasteiger partial charge is 0.507 e. The number of aromatic hydroxyl groups is 1. The fourth-order valence-electron chi connectivity index (χ4n) is 0.864. The number of halogens is 1. The van der Waals surface area contributed by atoms with E-state index in [1.54, 1.807) is 6.92 Å². The molecule has 0 unspecified atom stereocenters. The van der Waals surface area contributed by atoms with Crippen LogP contribution in [0.25, 0.3) is 0 Å². The number of carbonyl (C=O) groups excluding carboxylic acids is 1. The van der Waals surface area contributed by atoms with Crippen LogP contribution in [-0.4, -0.2) is 11.0 Å². The Labute approximate surface area is 74.8 Å². The molecule has 64 valence electrons. The normalized spacial score (nSPS) is 9.83. The van der Waals surface area contributed by atoms with Crippen LogP contribution in [0.4, 0.5) is 0 Å². The van der Waals surface area contributed by atoms with Gasteiger partial charge in [-0.05, 0) is 24.6 Å². The number of primary amides is 1. The smallest absolute Gasteiger partial charge is 0.252 e. The van der Waals surface area contributed by atoms with Crippen LogP contribution in [0.3, 0.4) is 0 Å². The molecule has 12 heavy (non-hydrogen) atoms. The Morgan fingerprint density at radius 1 is 1.58 bits per heavy atom. The van der Waals surface area contributed by atoms with Gasteiger partial charge in [0.25, 0.3) is 5.91 Å². The average molecular weight is 186 g/mol. The summed E-state index contributed by atoms with van der Waals surface area (Å²) >= 11 is 5.71. The number of phenols is 1. The Bertz CT molecular complexity index is 336. The van der Waals surface area contributed by atoms with Crippen LogP contribution >= 0.6 is 11.6 Å². The molecule has 0 aliphatic heterocycles. The maximum absolute atomic E-state index is 10.7. The zero-order valence-corrected chi connectivity index (χ0v) is 7.22. The third kappa shape index (κ3) is 1.51. The summed E-state index contributed by atoms with van der Waals surface area (Å²) in [5.74, 6) is -0.821. The summed E-state index contributed by atoms with van der Waals surface area (Å²) in [4.78, 5) is 10.7. The molecular weight excluding hydrogens is 178 g/mol. The van der Waals surface area contributed by atoms with Gasteiger partial charge in [0.2, 0.25) is 0 Å². The third-order valence-electron chi connectivity index (χ3n) is 1.54. The second-order valence-electron chi connectivity index (χ2n) is 2.48. The minimum absolute atomic E-state index is 0.0469. The first-order valence-electron chi connectivity index (χ1n) is 3.31. The lowest BCUT2D eigenvalue weighted by atomic mass is 10.1. The van der Waals surface area contributed by atoms with Crippen molar-refractivity contribution >= 4 is 17.5 Å². The van der Waals surface area contributed by atoms with Crippen LogP contribution in [0.5, 0.6) is 5.75 Å². The first kappa shape index (κ1) is 8.87. The van der Waals surface area contributed by atoms with Crippen molar-refractivity contribution < 1.29 is 9.90 Å². The zero-order valence-electron chi connectivity index (χ0n) is 6.47. The van der Waals surface area contributed by atoms with E-state index in [0.717, 1.165) is 0 Å². The number of carbonyl (C=O) groups is 1. The summed E-state index contributed by atoms with van der Waals surface area (Å²) in [6.45, 7) is 1.73. The molecule has 1 amide bonds. The molecule has 0 atom stereocenters. The van der Waals surface area contributed by atoms with Crippen LogP contribution in [-0.2, 0) is 0 Å². The quantitative estimate of drug-likeness (QED) is 0.696. The van der Waals surface area contributed by atoms with Crippen LogP contribution < -0.4 is 5.73 Å². The van der Waals surface area contributed by atoms with Gasteiger partial charge in [0.05, 0.1) is 5.56 Å². The van der Waals surface area contributed by atoms with E-state index in [1.165, 1.54) is 12.1 Å². The number of nitrogens with two attached hydrogens (primary N) is 1. The highest BCUT2D eigenvalue weighted by molar-refractivity contribution is 6.31. The lowest BCUT2D eigenvalue weighted by Gasteiger charge is -2.03. The molecule has 0 aliphatic rings. The maximum Gasteiger partial charge on any atom is 0.252 e. The number of hydrogen-bond donors (Lipinski definition) is 2. The van der Waals surface area contributed by atoms with Crippen molar-refractivity contribution in [2.24, 2.45) is 5.73 Å². The fraction of sp³-hybridized carbons (Fsp3) is 0.125. The minimum Gasteiger partial charge on any atom is -0.507 e. The molecular formula is C8H8ClNO2. The van der Waals surface area contributed by atoms with Gasteiger partial charge in [-0.3, -0.25) is 4.79 Å². The average Bonchev–Trinajstić information content (AvgIpc) is 1.96. The SMILES string of the molecule is Cc1cc(O)c(C(N)=O)cc1Cl. The number of hydrogen-bond acceptors (Lipinski definition) is 2. The molecule has 0 heterocycles. The molecule has 0 saturated carbocycles. The Morgan fingerprint density at radius 3 is 2.67 bits per heavy atom. The molecule has 0 radical (unpaired) electrons. The lowest BCUT2D eigenvalue weighted by Crippen LogP contribution is -2.11. The zero-order chi connectivity index (χ0) is 9.30. The second-order valence-corrected chi connectivity index (χ2v) is 2.89. The minimum atomic E-state index is -0.686. The monoisotopic (exact) mass is 185 g/mol. The highest BCUT2D eigenvalue weighted by Gasteiger charge is 2.09. The van der Waals surface area contributed by atoms with Crippen molar-refractivity contribution in [3.63, 3.8) is 0 Å². The topological polar surface area (TPSA) is 63.3 Å². The Morgan fingerprint density at radius 2 is 2.17 bits per heavy atom. The molecule has 1 rings (SSSR count). The van der Waals surface area contributed by atoms with Crippen LogP contribution in [0, 0.1) is 6.92 Å². The first-order valence-corrected chi connectivity index (χ1v) is 3.69. The van der Waals surface area contributed by atoms with Gasteiger partial charge in [0.1, 0.15) is 5.75 Å². The summed E-state index contributed by atoms with van der Waals surface area (Å²) < 4.78 is 0. The van der Waals surface area contributed by atoms with Crippen molar-refractivity contribution in [1.29, 1.82) is 0 Å². The molecule has 0 saturated heterocycles. The van der Waals surface area contributed by atoms with Crippen molar-refractivity contribution in [3.05, 3.63) is 28.3 Å². The number of amides is 1. The van der Waals surface area contributed by atoms with E-state index in [1.807, 2.05) is 0 Å². The third-order valence-corrected chi connectivity index (χ3v) is 1.95. The maximum atomic E-state index is 10.7. The Balaban J connectivity index is 3.33. The van der Waals surface area contributed by atoms with E-state index in [4.69, 9.17) is 17.3 Å². The highest BCUT2D eigenvalue weighted by Crippen LogP contribution is 2.24. The van der Waals surface area contributed by atoms with Crippen LogP contribution in [0.2, 0.25) is 5.02 Å². The molecule has 1 aromatic rings. The van der Waals surface area contributed by atoms with Crippen molar-refractivity contribution in [2.75, 3.05) is 0 Å². The molecule has 0 fully saturated rings. The predicted molar refractivity (Wildman–Crippen MR) is 46.4 cm³/mol. The molecule has 0 aromatic heterocycles. The highest BCUT2D eigenvalue weighted by atomic mass is 35.5. The van der Waals surface area contributed by atoms with Crippen LogP contribution in [0.1, 0.15) is 15.9 Å². The van der Waals surface area contributed by atoms with Gasteiger partial charge in [0.15, 0.2) is 0 Å². The van der Waals surface area contributed by atoms with Crippen molar-refractivity contribution in [2.45, 2.75) is 6.92 Å². The summed E-state index contributed by atoms with van der Waals surface area (Å²) in [6, 6.07) is 2.76. The summed E-state index contributed by atoms with van der Waals surface area (Å²) in [5, 5.41) is 9.64. The Hall–Kier alpha value is -1.22. The molecule has 4 heteroatoms. The van der Waals surface area contributed by atoms with Gasteiger partial charge < -0.3 is 10.8 Å². The molecule has 0 bridgehead atoms. The Kier molecular flexibility index (Phi) is 2.24.